The molecule has 2 rings (SSSR count). The van der Waals surface area contributed by atoms with Gasteiger partial charge in [-0.1, -0.05) is 6.92 Å². The summed E-state index contributed by atoms with van der Waals surface area (Å²) in [4.78, 5) is 6.69. The third-order valence-corrected chi connectivity index (χ3v) is 3.48. The average molecular weight is 293 g/mol. The Kier molecular flexibility index (Phi) is 4.96. The van der Waals surface area contributed by atoms with Gasteiger partial charge in [-0.05, 0) is 55.3 Å². The second-order valence-corrected chi connectivity index (χ2v) is 4.80. The molecule has 0 amide bonds. The molecule has 4 heteroatoms. The maximum absolute atomic E-state index is 13.0. The van der Waals surface area contributed by atoms with Crippen LogP contribution < -0.4 is 4.90 Å². The average Bonchev–Trinajstić information content (AvgIpc) is 2.49. The number of rotatable bonds is 5. The van der Waals surface area contributed by atoms with Crippen molar-refractivity contribution in [2.24, 2.45) is 0 Å². The van der Waals surface area contributed by atoms with E-state index in [1.54, 1.807) is 12.1 Å². The standard InChI is InChI=1S/C16H18ClFN2/c1-3-14-9-12(11-17)10-16(19-14)20(4-2)15-7-5-13(18)6-8-15/h5-10H,3-4,11H2,1-2H3. The van der Waals surface area contributed by atoms with Crippen LogP contribution in [0.15, 0.2) is 36.4 Å². The van der Waals surface area contributed by atoms with Gasteiger partial charge in [-0.2, -0.15) is 0 Å². The van der Waals surface area contributed by atoms with Crippen LogP contribution in [0, 0.1) is 5.82 Å². The highest BCUT2D eigenvalue weighted by Crippen LogP contribution is 2.25. The molecule has 0 saturated heterocycles. The molecule has 0 saturated carbocycles. The maximum Gasteiger partial charge on any atom is 0.133 e. The van der Waals surface area contributed by atoms with E-state index in [0.29, 0.717) is 5.88 Å². The summed E-state index contributed by atoms with van der Waals surface area (Å²) in [6.45, 7) is 4.87. The number of aromatic nitrogens is 1. The zero-order valence-electron chi connectivity index (χ0n) is 11.7. The Morgan fingerprint density at radius 1 is 1.15 bits per heavy atom. The molecular weight excluding hydrogens is 275 g/mol. The van der Waals surface area contributed by atoms with E-state index >= 15 is 0 Å². The smallest absolute Gasteiger partial charge is 0.133 e. The lowest BCUT2D eigenvalue weighted by Gasteiger charge is -2.23. The van der Waals surface area contributed by atoms with E-state index < -0.39 is 0 Å². The van der Waals surface area contributed by atoms with Gasteiger partial charge in [0.1, 0.15) is 11.6 Å². The first-order valence-electron chi connectivity index (χ1n) is 6.76. The molecule has 2 aromatic rings. The molecule has 0 aliphatic rings. The molecule has 0 fully saturated rings. The van der Waals surface area contributed by atoms with Crippen LogP contribution in [0.4, 0.5) is 15.9 Å². The number of hydrogen-bond acceptors (Lipinski definition) is 2. The summed E-state index contributed by atoms with van der Waals surface area (Å²) in [7, 11) is 0. The van der Waals surface area contributed by atoms with Crippen LogP contribution in [0.3, 0.4) is 0 Å². The summed E-state index contributed by atoms with van der Waals surface area (Å²) in [5, 5.41) is 0. The number of alkyl halides is 1. The van der Waals surface area contributed by atoms with Crippen molar-refractivity contribution in [1.29, 1.82) is 0 Å². The lowest BCUT2D eigenvalue weighted by Crippen LogP contribution is -2.18. The predicted molar refractivity (Wildman–Crippen MR) is 82.3 cm³/mol. The Bertz CT molecular complexity index is 547. The Morgan fingerprint density at radius 3 is 2.40 bits per heavy atom. The Labute approximate surface area is 124 Å². The number of pyridine rings is 1. The molecule has 1 heterocycles. The zero-order valence-corrected chi connectivity index (χ0v) is 12.5. The van der Waals surface area contributed by atoms with E-state index in [0.717, 1.165) is 35.7 Å². The van der Waals surface area contributed by atoms with Crippen LogP contribution in [0.25, 0.3) is 0 Å². The van der Waals surface area contributed by atoms with E-state index in [4.69, 9.17) is 11.6 Å². The molecule has 0 spiro atoms. The van der Waals surface area contributed by atoms with E-state index in [9.17, 15) is 4.39 Å². The number of hydrogen-bond donors (Lipinski definition) is 0. The molecular formula is C16H18ClFN2. The third kappa shape index (κ3) is 3.28. The quantitative estimate of drug-likeness (QED) is 0.744. The molecule has 0 atom stereocenters. The fraction of sp³-hybridized carbons (Fsp3) is 0.312. The molecule has 1 aromatic carbocycles. The van der Waals surface area contributed by atoms with Crippen molar-refractivity contribution < 1.29 is 4.39 Å². The first-order valence-corrected chi connectivity index (χ1v) is 7.30. The van der Waals surface area contributed by atoms with Gasteiger partial charge in [0.2, 0.25) is 0 Å². The van der Waals surface area contributed by atoms with E-state index in [-0.39, 0.29) is 5.82 Å². The largest absolute Gasteiger partial charge is 0.327 e. The molecule has 0 radical (unpaired) electrons. The summed E-state index contributed by atoms with van der Waals surface area (Å²) in [5.41, 5.74) is 2.99. The monoisotopic (exact) mass is 292 g/mol. The minimum atomic E-state index is -0.235. The first-order chi connectivity index (χ1) is 9.67. The van der Waals surface area contributed by atoms with Gasteiger partial charge in [-0.25, -0.2) is 9.37 Å². The second kappa shape index (κ2) is 6.71. The predicted octanol–water partition coefficient (Wildman–Crippen LogP) is 4.68. The van der Waals surface area contributed by atoms with Gasteiger partial charge in [-0.3, -0.25) is 0 Å². The fourth-order valence-corrected chi connectivity index (χ4v) is 2.28. The van der Waals surface area contributed by atoms with Crippen molar-refractivity contribution in [3.63, 3.8) is 0 Å². The van der Waals surface area contributed by atoms with Crippen molar-refractivity contribution >= 4 is 23.1 Å². The molecule has 106 valence electrons. The van der Waals surface area contributed by atoms with Crippen molar-refractivity contribution in [3.8, 4) is 0 Å². The number of benzene rings is 1. The summed E-state index contributed by atoms with van der Waals surface area (Å²) >= 11 is 5.95. The SMILES string of the molecule is CCc1cc(CCl)cc(N(CC)c2ccc(F)cc2)n1. The van der Waals surface area contributed by atoms with E-state index in [2.05, 4.69) is 16.8 Å². The molecule has 0 unspecified atom stereocenters. The summed E-state index contributed by atoms with van der Waals surface area (Å²) in [6, 6.07) is 10.5. The normalized spacial score (nSPS) is 10.6. The van der Waals surface area contributed by atoms with E-state index in [1.807, 2.05) is 19.1 Å². The molecule has 1 aromatic heterocycles. The molecule has 0 aliphatic heterocycles. The van der Waals surface area contributed by atoms with Crippen LogP contribution in [-0.2, 0) is 12.3 Å². The highest BCUT2D eigenvalue weighted by atomic mass is 35.5. The summed E-state index contributed by atoms with van der Waals surface area (Å²) < 4.78 is 13.0. The number of nitrogens with zero attached hydrogens (tertiary/aromatic N) is 2. The van der Waals surface area contributed by atoms with Gasteiger partial charge in [-0.15, -0.1) is 11.6 Å². The van der Waals surface area contributed by atoms with Gasteiger partial charge < -0.3 is 4.90 Å². The zero-order chi connectivity index (χ0) is 14.5. The molecule has 20 heavy (non-hydrogen) atoms. The highest BCUT2D eigenvalue weighted by molar-refractivity contribution is 6.17. The van der Waals surface area contributed by atoms with Crippen LogP contribution in [0.1, 0.15) is 25.1 Å². The van der Waals surface area contributed by atoms with Gasteiger partial charge in [0, 0.05) is 23.8 Å². The molecule has 0 aliphatic carbocycles. The first kappa shape index (κ1) is 14.8. The number of anilines is 2. The van der Waals surface area contributed by atoms with Crippen molar-refractivity contribution in [3.05, 3.63) is 53.5 Å². The lowest BCUT2D eigenvalue weighted by atomic mass is 10.2. The van der Waals surface area contributed by atoms with Gasteiger partial charge in [0.05, 0.1) is 0 Å². The Morgan fingerprint density at radius 2 is 1.85 bits per heavy atom. The maximum atomic E-state index is 13.0. The van der Waals surface area contributed by atoms with E-state index in [1.165, 1.54) is 12.1 Å². The lowest BCUT2D eigenvalue weighted by molar-refractivity contribution is 0.627. The highest BCUT2D eigenvalue weighted by Gasteiger charge is 2.11. The van der Waals surface area contributed by atoms with Gasteiger partial charge in [0.15, 0.2) is 0 Å². The van der Waals surface area contributed by atoms with Crippen LogP contribution in [0.5, 0.6) is 0 Å². The van der Waals surface area contributed by atoms with Crippen LogP contribution >= 0.6 is 11.6 Å². The third-order valence-electron chi connectivity index (χ3n) is 3.17. The van der Waals surface area contributed by atoms with Crippen LogP contribution in [-0.4, -0.2) is 11.5 Å². The molecule has 0 bridgehead atoms. The Balaban J connectivity index is 2.42. The summed E-state index contributed by atoms with van der Waals surface area (Å²) in [6.07, 6.45) is 0.860. The van der Waals surface area contributed by atoms with Gasteiger partial charge >= 0.3 is 0 Å². The van der Waals surface area contributed by atoms with Crippen molar-refractivity contribution in [2.45, 2.75) is 26.1 Å². The van der Waals surface area contributed by atoms with Crippen molar-refractivity contribution in [2.75, 3.05) is 11.4 Å². The molecule has 0 N–H and O–H groups in total. The Hall–Kier alpha value is -1.61. The summed E-state index contributed by atoms with van der Waals surface area (Å²) in [5.74, 6) is 1.08. The number of aryl methyl sites for hydroxylation is 1. The minimum absolute atomic E-state index is 0.235. The van der Waals surface area contributed by atoms with Gasteiger partial charge in [0.25, 0.3) is 0 Å². The fourth-order valence-electron chi connectivity index (χ4n) is 2.13. The van der Waals surface area contributed by atoms with Crippen molar-refractivity contribution in [1.82, 2.24) is 4.98 Å². The van der Waals surface area contributed by atoms with Crippen LogP contribution in [0.2, 0.25) is 0 Å². The molecule has 2 nitrogen and oxygen atoms in total. The second-order valence-electron chi connectivity index (χ2n) is 4.53. The topological polar surface area (TPSA) is 16.1 Å². The number of halogens is 2. The minimum Gasteiger partial charge on any atom is -0.327 e.